The molecule has 0 saturated carbocycles. The second-order valence-electron chi connectivity index (χ2n) is 41.8. The molecule has 139 heavy (non-hydrogen) atoms. The van der Waals surface area contributed by atoms with Crippen LogP contribution in [-0.2, 0) is 16.2 Å². The number of unbranched alkanes of at least 4 members (excludes halogenated alkanes) is 30. The van der Waals surface area contributed by atoms with Crippen LogP contribution in [-0.4, -0.2) is 0 Å². The molecule has 0 fully saturated rings. The summed E-state index contributed by atoms with van der Waals surface area (Å²) in [5.41, 5.74) is 43.3. The molecule has 0 aliphatic heterocycles. The van der Waals surface area contributed by atoms with E-state index in [1.54, 1.807) is 33.4 Å². The summed E-state index contributed by atoms with van der Waals surface area (Å²) in [6.07, 6.45) is 53.5. The van der Waals surface area contributed by atoms with E-state index in [-0.39, 0.29) is 16.2 Å². The summed E-state index contributed by atoms with van der Waals surface area (Å²) < 4.78 is 0. The van der Waals surface area contributed by atoms with Crippen molar-refractivity contribution in [2.75, 3.05) is 0 Å². The molecule has 0 aromatic heterocycles. The Morgan fingerprint density at radius 1 is 0.137 bits per heavy atom. The van der Waals surface area contributed by atoms with E-state index >= 15 is 0 Å². The fraction of sp³-hybridized carbons (Fsp3) is 0.367. The van der Waals surface area contributed by atoms with Crippen molar-refractivity contribution in [1.29, 1.82) is 0 Å². The number of hydrogen-bond acceptors (Lipinski definition) is 0. The van der Waals surface area contributed by atoms with Gasteiger partial charge in [-0.1, -0.05) is 576 Å². The summed E-state index contributed by atoms with van der Waals surface area (Å²) in [6, 6.07) is 133. The minimum absolute atomic E-state index is 0.124. The summed E-state index contributed by atoms with van der Waals surface area (Å²) >= 11 is 0. The number of rotatable bonds is 54. The third kappa shape index (κ3) is 22.9. The van der Waals surface area contributed by atoms with Gasteiger partial charge in [0.05, 0.1) is 0 Å². The van der Waals surface area contributed by atoms with E-state index in [9.17, 15) is 0 Å². The standard InChI is InChI=1S/C139H158/c1-7-13-19-25-31-55-93-137(94-56-32-26-20-14-8-2)127-99-115(105-73-77-113(78-74-105)135(111-69-51-41-52-70-111)133(107-61-43-37-44-62-107)108-63-45-38-46-64-108)81-87-121(127)123-89-83-117(101-129(123)137)119-85-91-125-126-92-86-120(104-132(126)139(131(125)103-119,97-59-35-29-23-17-11-5)98-60-36-30-24-18-12-6)118-84-90-124-122-88-82-116(100-128(122)138(130(124)102-118,95-57-33-27-21-15-9-3)96-58-34-28-22-16-10-4)106-75-79-114(80-76-106)136(112-71-53-42-54-72-112)134(109-65-47-39-48-66-109)110-67-49-40-50-68-110/h37-54,61-92,99-104H,7-36,55-60,93-98H2,1-6H3. The third-order valence-electron chi connectivity index (χ3n) is 32.4. The van der Waals surface area contributed by atoms with Crippen molar-refractivity contribution < 1.29 is 0 Å². The first kappa shape index (κ1) is 99.1. The Hall–Kier alpha value is -11.4. The maximum atomic E-state index is 2.79. The molecule has 0 spiro atoms. The van der Waals surface area contributed by atoms with Gasteiger partial charge >= 0.3 is 0 Å². The van der Waals surface area contributed by atoms with Crippen molar-refractivity contribution in [3.05, 3.63) is 418 Å². The zero-order chi connectivity index (χ0) is 95.3. The highest BCUT2D eigenvalue weighted by Gasteiger charge is 2.47. The smallest absolute Gasteiger partial charge is 0.0215 e. The molecule has 0 saturated heterocycles. The predicted molar refractivity (Wildman–Crippen MR) is 603 cm³/mol. The summed E-state index contributed by atoms with van der Waals surface area (Å²) in [5.74, 6) is 0. The molecule has 0 unspecified atom stereocenters. The van der Waals surface area contributed by atoms with Crippen molar-refractivity contribution in [2.24, 2.45) is 0 Å². The molecule has 0 N–H and O–H groups in total. The summed E-state index contributed by atoms with van der Waals surface area (Å²) in [4.78, 5) is 0. The Bertz CT molecular complexity index is 5770. The molecular formula is C139H158. The molecule has 0 heterocycles. The minimum Gasteiger partial charge on any atom is -0.0654 e. The lowest BCUT2D eigenvalue weighted by Crippen LogP contribution is -2.26. The summed E-state index contributed by atoms with van der Waals surface area (Å²) in [7, 11) is 0. The Kier molecular flexibility index (Phi) is 35.4. The van der Waals surface area contributed by atoms with Gasteiger partial charge in [-0.15, -0.1) is 0 Å². The molecule has 14 aromatic carbocycles. The van der Waals surface area contributed by atoms with E-state index in [0.717, 1.165) is 0 Å². The van der Waals surface area contributed by atoms with Crippen LogP contribution >= 0.6 is 0 Å². The molecule has 0 nitrogen and oxygen atoms in total. The van der Waals surface area contributed by atoms with Crippen molar-refractivity contribution >= 4 is 22.3 Å². The van der Waals surface area contributed by atoms with Crippen LogP contribution in [0.2, 0.25) is 0 Å². The zero-order valence-corrected chi connectivity index (χ0v) is 85.5. The normalized spacial score (nSPS) is 13.2. The fourth-order valence-corrected chi connectivity index (χ4v) is 24.9. The first-order valence-electron chi connectivity index (χ1n) is 55.6. The van der Waals surface area contributed by atoms with Crippen LogP contribution < -0.4 is 0 Å². The van der Waals surface area contributed by atoms with Gasteiger partial charge < -0.3 is 0 Å². The van der Waals surface area contributed by atoms with E-state index in [4.69, 9.17) is 0 Å². The van der Waals surface area contributed by atoms with Crippen LogP contribution in [0.4, 0.5) is 0 Å². The molecule has 0 atom stereocenters. The van der Waals surface area contributed by atoms with Gasteiger partial charge in [-0.2, -0.15) is 0 Å². The Morgan fingerprint density at radius 2 is 0.273 bits per heavy atom. The Morgan fingerprint density at radius 3 is 0.439 bits per heavy atom. The third-order valence-corrected chi connectivity index (χ3v) is 32.4. The molecule has 0 bridgehead atoms. The SMILES string of the molecule is CCCCCCCCC1(CCCCCCCC)c2cc(-c3ccc(C(=C(c4ccccc4)c4ccccc4)c4ccccc4)cc3)ccc2-c2ccc(-c3ccc4c(c3)C(CCCCCCCC)(CCCCCCCC)c3cc(-c5ccc6c(c5)C(CCCCCCCC)(CCCCCCCC)c5cc(-c7ccc(C(=C(c8ccccc8)c8ccccc8)c8ccccc8)cc7)ccc5-6)ccc3-4)cc21. The molecule has 714 valence electrons. The molecule has 3 aliphatic rings. The largest absolute Gasteiger partial charge is 0.0654 e. The molecular weight excluding hydrogens is 1670 g/mol. The van der Waals surface area contributed by atoms with Gasteiger partial charge in [0.1, 0.15) is 0 Å². The zero-order valence-electron chi connectivity index (χ0n) is 85.5. The molecule has 0 radical (unpaired) electrons. The van der Waals surface area contributed by atoms with Gasteiger partial charge in [0.15, 0.2) is 0 Å². The number of benzene rings is 14. The minimum atomic E-state index is -0.134. The van der Waals surface area contributed by atoms with Crippen LogP contribution in [0.1, 0.15) is 389 Å². The maximum Gasteiger partial charge on any atom is 0.0215 e. The first-order chi connectivity index (χ1) is 68.7. The van der Waals surface area contributed by atoms with Crippen LogP contribution in [0.3, 0.4) is 0 Å². The topological polar surface area (TPSA) is 0 Å². The average molecular weight is 1830 g/mol. The Labute approximate surface area is 839 Å². The highest BCUT2D eigenvalue weighted by atomic mass is 14.5. The summed E-state index contributed by atoms with van der Waals surface area (Å²) in [5, 5.41) is 0. The highest BCUT2D eigenvalue weighted by molar-refractivity contribution is 6.06. The number of fused-ring (bicyclic) bond motifs is 9. The predicted octanol–water partition coefficient (Wildman–Crippen LogP) is 41.7. The van der Waals surface area contributed by atoms with Gasteiger partial charge in [-0.05, 0) is 253 Å². The van der Waals surface area contributed by atoms with Crippen LogP contribution in [0.25, 0.3) is 100 Å². The molecule has 0 heteroatoms. The quantitative estimate of drug-likeness (QED) is 0.0263. The lowest BCUT2D eigenvalue weighted by Gasteiger charge is -2.34. The lowest BCUT2D eigenvalue weighted by molar-refractivity contribution is 0.397. The van der Waals surface area contributed by atoms with E-state index in [0.29, 0.717) is 0 Å². The van der Waals surface area contributed by atoms with Crippen LogP contribution in [0.5, 0.6) is 0 Å². The van der Waals surface area contributed by atoms with E-state index < -0.39 is 0 Å². The van der Waals surface area contributed by atoms with Crippen LogP contribution in [0, 0.1) is 0 Å². The van der Waals surface area contributed by atoms with Gasteiger partial charge in [-0.3, -0.25) is 0 Å². The van der Waals surface area contributed by atoms with Gasteiger partial charge in [0, 0.05) is 16.2 Å². The van der Waals surface area contributed by atoms with E-state index in [1.807, 2.05) is 0 Å². The van der Waals surface area contributed by atoms with Gasteiger partial charge in [0.25, 0.3) is 0 Å². The average Bonchev–Trinajstić information content (AvgIpc) is 1.56. The lowest BCUT2D eigenvalue weighted by atomic mass is 9.69. The Balaban J connectivity index is 0.766. The van der Waals surface area contributed by atoms with Gasteiger partial charge in [-0.25, -0.2) is 0 Å². The highest BCUT2D eigenvalue weighted by Crippen LogP contribution is 2.61. The second-order valence-corrected chi connectivity index (χ2v) is 41.8. The fourth-order valence-electron chi connectivity index (χ4n) is 24.9. The second kappa shape index (κ2) is 49.6. The first-order valence-corrected chi connectivity index (χ1v) is 55.6. The monoisotopic (exact) mass is 1830 g/mol. The molecule has 0 amide bonds. The van der Waals surface area contributed by atoms with E-state index in [1.165, 1.54) is 414 Å². The molecule has 3 aliphatic carbocycles. The maximum absolute atomic E-state index is 2.79. The van der Waals surface area contributed by atoms with Crippen molar-refractivity contribution in [3.63, 3.8) is 0 Å². The number of hydrogen-bond donors (Lipinski definition) is 0. The van der Waals surface area contributed by atoms with Gasteiger partial charge in [0.2, 0.25) is 0 Å². The van der Waals surface area contributed by atoms with Crippen molar-refractivity contribution in [2.45, 2.75) is 327 Å². The van der Waals surface area contributed by atoms with Crippen molar-refractivity contribution in [3.8, 4) is 77.9 Å². The summed E-state index contributed by atoms with van der Waals surface area (Å²) in [6.45, 7) is 14.2. The molecule has 14 aromatic rings. The van der Waals surface area contributed by atoms with E-state index in [2.05, 4.69) is 381 Å². The van der Waals surface area contributed by atoms with Crippen molar-refractivity contribution in [1.82, 2.24) is 0 Å². The molecule has 17 rings (SSSR count). The van der Waals surface area contributed by atoms with Crippen LogP contribution in [0.15, 0.2) is 340 Å².